The Bertz CT molecular complexity index is 426. The van der Waals surface area contributed by atoms with Crippen molar-refractivity contribution in [3.8, 4) is 0 Å². The fraction of sp³-hybridized carbons (Fsp3) is 0.750. The van der Waals surface area contributed by atoms with Crippen LogP contribution < -0.4 is 0 Å². The molecule has 0 spiro atoms. The van der Waals surface area contributed by atoms with E-state index in [-0.39, 0.29) is 31.9 Å². The topological polar surface area (TPSA) is 45.5 Å². The predicted molar refractivity (Wildman–Crippen MR) is 134 cm³/mol. The van der Waals surface area contributed by atoms with E-state index in [2.05, 4.69) is 87.8 Å². The fourth-order valence-corrected chi connectivity index (χ4v) is 3.71. The predicted octanol–water partition coefficient (Wildman–Crippen LogP) is 6.23. The molecule has 1 aliphatic rings. The van der Waals surface area contributed by atoms with Gasteiger partial charge in [0.05, 0.1) is 0 Å². The molecule has 1 unspecified atom stereocenters. The van der Waals surface area contributed by atoms with Gasteiger partial charge in [0.25, 0.3) is 0 Å². The van der Waals surface area contributed by atoms with Crippen molar-refractivity contribution in [2.75, 3.05) is 32.7 Å². The summed E-state index contributed by atoms with van der Waals surface area (Å²) in [6, 6.07) is 0.281. The summed E-state index contributed by atoms with van der Waals surface area (Å²) in [4.78, 5) is 12.2. The van der Waals surface area contributed by atoms with Gasteiger partial charge in [-0.05, 0) is 19.6 Å². The SMILES string of the molecule is C[Si](C)(C)[N-]CCN(CC[N-][Si](C)(C)C)CC1C=CC=C[N-]1.[CH2-][Si](C)(C)C.[Sc]. The molecule has 1 rings (SSSR count). The Morgan fingerprint density at radius 2 is 1.29 bits per heavy atom. The third kappa shape index (κ3) is 24.7. The van der Waals surface area contributed by atoms with Crippen molar-refractivity contribution in [3.05, 3.63) is 46.3 Å². The molecule has 1 atom stereocenters. The van der Waals surface area contributed by atoms with E-state index in [0.29, 0.717) is 0 Å². The molecule has 4 nitrogen and oxygen atoms in total. The quantitative estimate of drug-likeness (QED) is 0.276. The molecular weight excluding hydrogens is 425 g/mol. The smallest absolute Gasteiger partial charge is 0 e. The molecule has 0 fully saturated rings. The molecule has 1 radical (unpaired) electrons. The molecule has 0 bridgehead atoms. The van der Waals surface area contributed by atoms with Gasteiger partial charge in [-0.2, -0.15) is 6.20 Å². The van der Waals surface area contributed by atoms with Gasteiger partial charge in [-0.1, -0.05) is 99.7 Å². The van der Waals surface area contributed by atoms with Crippen molar-refractivity contribution < 1.29 is 25.8 Å². The van der Waals surface area contributed by atoms with Crippen LogP contribution >= 0.6 is 0 Å². The van der Waals surface area contributed by atoms with Gasteiger partial charge in [-0.15, -0.1) is 21.2 Å². The van der Waals surface area contributed by atoms with Crippen LogP contribution in [0.3, 0.4) is 0 Å². The number of hydrogen-bond acceptors (Lipinski definition) is 1. The summed E-state index contributed by atoms with van der Waals surface area (Å²) in [5.74, 6) is 0. The maximum Gasteiger partial charge on any atom is 0 e. The van der Waals surface area contributed by atoms with Crippen LogP contribution in [0.15, 0.2) is 24.4 Å². The largest absolute Gasteiger partial charge is 0.684 e. The normalized spacial score (nSPS) is 16.9. The van der Waals surface area contributed by atoms with Crippen LogP contribution in [-0.2, 0) is 25.8 Å². The second-order valence-electron chi connectivity index (χ2n) is 10.4. The molecule has 0 saturated heterocycles. The number of rotatable bonds is 10. The molecule has 1 aliphatic heterocycles. The van der Waals surface area contributed by atoms with E-state index in [9.17, 15) is 0 Å². The summed E-state index contributed by atoms with van der Waals surface area (Å²) in [6.07, 6.45) is 8.16. The molecular formula is C20H44N4ScSi3-4. The third-order valence-electron chi connectivity index (χ3n) is 3.26. The molecule has 0 amide bonds. The van der Waals surface area contributed by atoms with Crippen LogP contribution in [-0.4, -0.2) is 68.2 Å². The monoisotopic (exact) mass is 469 g/mol. The van der Waals surface area contributed by atoms with Gasteiger partial charge < -0.3 is 26.7 Å². The van der Waals surface area contributed by atoms with E-state index in [1.165, 1.54) is 0 Å². The van der Waals surface area contributed by atoms with Crippen LogP contribution in [0.25, 0.3) is 15.3 Å². The molecule has 0 N–H and O–H groups in total. The van der Waals surface area contributed by atoms with Gasteiger partial charge in [0, 0.05) is 25.8 Å². The molecule has 0 saturated carbocycles. The van der Waals surface area contributed by atoms with E-state index >= 15 is 0 Å². The van der Waals surface area contributed by atoms with E-state index < -0.39 is 24.5 Å². The van der Waals surface area contributed by atoms with Crippen LogP contribution in [0, 0.1) is 6.55 Å². The second-order valence-corrected chi connectivity index (χ2v) is 24.8. The average molecular weight is 470 g/mol. The summed E-state index contributed by atoms with van der Waals surface area (Å²) in [7, 11) is -3.47. The van der Waals surface area contributed by atoms with E-state index in [4.69, 9.17) is 9.96 Å². The number of nitrogens with zero attached hydrogens (tertiary/aromatic N) is 4. The van der Waals surface area contributed by atoms with Crippen molar-refractivity contribution in [3.63, 3.8) is 0 Å². The van der Waals surface area contributed by atoms with E-state index in [0.717, 1.165) is 32.7 Å². The zero-order chi connectivity index (χ0) is 21.1. The molecule has 0 aromatic rings. The maximum absolute atomic E-state index is 4.86. The molecule has 0 aliphatic carbocycles. The van der Waals surface area contributed by atoms with Crippen LogP contribution in [0.2, 0.25) is 58.9 Å². The summed E-state index contributed by atoms with van der Waals surface area (Å²) in [5.41, 5.74) is 0. The van der Waals surface area contributed by atoms with Gasteiger partial charge in [0.15, 0.2) is 0 Å². The van der Waals surface area contributed by atoms with Crippen molar-refractivity contribution in [1.29, 1.82) is 0 Å². The third-order valence-corrected chi connectivity index (χ3v) is 5.60. The molecule has 0 aromatic heterocycles. The summed E-state index contributed by atoms with van der Waals surface area (Å²) in [6.45, 7) is 29.2. The minimum atomic E-state index is -1.30. The molecule has 163 valence electrons. The van der Waals surface area contributed by atoms with Crippen molar-refractivity contribution >= 4 is 24.5 Å². The number of allylic oxidation sites excluding steroid dienone is 2. The van der Waals surface area contributed by atoms with Crippen LogP contribution in [0.5, 0.6) is 0 Å². The Labute approximate surface area is 198 Å². The van der Waals surface area contributed by atoms with Gasteiger partial charge in [0.2, 0.25) is 0 Å². The summed E-state index contributed by atoms with van der Waals surface area (Å²) < 4.78 is 0. The minimum Gasteiger partial charge on any atom is -0.684 e. The summed E-state index contributed by atoms with van der Waals surface area (Å²) >= 11 is 0. The van der Waals surface area contributed by atoms with Crippen LogP contribution in [0.1, 0.15) is 0 Å². The van der Waals surface area contributed by atoms with Crippen molar-refractivity contribution in [2.45, 2.75) is 65.0 Å². The van der Waals surface area contributed by atoms with Gasteiger partial charge >= 0.3 is 0 Å². The first-order valence-corrected chi connectivity index (χ1v) is 20.7. The standard InChI is InChI=1S/C16H33N4Si2.C4H11Si.Sc/c1-21(2,3)18-11-13-20(14-12-19-22(4,5)6)15-16-9-7-8-10-17-16;1-5(2,3)4;/h7-10,16H,11-15H2,1-6H3;1H2,2-4H3;/q-3;-1;. The van der Waals surface area contributed by atoms with Gasteiger partial charge in [0.1, 0.15) is 0 Å². The van der Waals surface area contributed by atoms with Gasteiger partial charge in [-0.3, -0.25) is 0 Å². The van der Waals surface area contributed by atoms with Crippen LogP contribution in [0.4, 0.5) is 0 Å². The molecule has 0 aromatic carbocycles. The number of hydrogen-bond donors (Lipinski definition) is 0. The van der Waals surface area contributed by atoms with E-state index in [1.54, 1.807) is 0 Å². The maximum atomic E-state index is 4.86. The second kappa shape index (κ2) is 14.6. The summed E-state index contributed by atoms with van der Waals surface area (Å²) in [5, 5.41) is 4.53. The fourth-order valence-electron chi connectivity index (χ4n) is 2.17. The Kier molecular flexibility index (Phi) is 16.1. The zero-order valence-electron chi connectivity index (χ0n) is 20.0. The Morgan fingerprint density at radius 3 is 1.61 bits per heavy atom. The Hall–Kier alpha value is 0.681. The first kappa shape index (κ1) is 30.9. The zero-order valence-corrected chi connectivity index (χ0v) is 24.8. The van der Waals surface area contributed by atoms with Crippen molar-refractivity contribution in [2.24, 2.45) is 0 Å². The molecule has 28 heavy (non-hydrogen) atoms. The first-order valence-electron chi connectivity index (χ1n) is 10.1. The van der Waals surface area contributed by atoms with Gasteiger partial charge in [-0.25, -0.2) is 0 Å². The Balaban J connectivity index is 0. The molecule has 1 heterocycles. The van der Waals surface area contributed by atoms with E-state index in [1.807, 2.05) is 12.3 Å². The first-order chi connectivity index (χ1) is 12.2. The Morgan fingerprint density at radius 1 is 0.857 bits per heavy atom. The minimum absolute atomic E-state index is 0. The molecule has 8 heteroatoms. The average Bonchev–Trinajstić information content (AvgIpc) is 2.43. The van der Waals surface area contributed by atoms with Crippen molar-refractivity contribution in [1.82, 2.24) is 4.90 Å².